The van der Waals surface area contributed by atoms with Crippen LogP contribution in [0.4, 0.5) is 30.6 Å². The maximum absolute atomic E-state index is 13.6. The van der Waals surface area contributed by atoms with E-state index in [2.05, 4.69) is 5.32 Å². The van der Waals surface area contributed by atoms with Crippen LogP contribution in [0.1, 0.15) is 0 Å². The van der Waals surface area contributed by atoms with Crippen LogP contribution < -0.4 is 15.1 Å². The molecule has 3 rings (SSSR count). The van der Waals surface area contributed by atoms with Gasteiger partial charge in [-0.2, -0.15) is 0 Å². The van der Waals surface area contributed by atoms with Crippen molar-refractivity contribution < 1.29 is 13.6 Å². The molecule has 0 saturated heterocycles. The Morgan fingerprint density at radius 2 is 1.82 bits per heavy atom. The molecule has 114 valence electrons. The van der Waals surface area contributed by atoms with Crippen LogP contribution in [0.25, 0.3) is 0 Å². The lowest BCUT2D eigenvalue weighted by Crippen LogP contribution is -2.44. The number of carbonyl (C=O) groups excluding carboxylic acids is 1. The molecule has 1 aliphatic rings. The second kappa shape index (κ2) is 5.63. The zero-order chi connectivity index (χ0) is 15.7. The van der Waals surface area contributed by atoms with E-state index in [9.17, 15) is 13.6 Å². The number of amides is 2. The Labute approximate surface area is 127 Å². The zero-order valence-electron chi connectivity index (χ0n) is 12.0. The molecule has 0 radical (unpaired) electrons. The molecule has 1 N–H and O–H groups in total. The van der Waals surface area contributed by atoms with Gasteiger partial charge < -0.3 is 10.2 Å². The first-order chi connectivity index (χ1) is 10.6. The van der Waals surface area contributed by atoms with Gasteiger partial charge in [-0.05, 0) is 24.3 Å². The van der Waals surface area contributed by atoms with Gasteiger partial charge >= 0.3 is 6.03 Å². The zero-order valence-corrected chi connectivity index (χ0v) is 12.0. The van der Waals surface area contributed by atoms with Crippen LogP contribution >= 0.6 is 0 Å². The van der Waals surface area contributed by atoms with Crippen molar-refractivity contribution in [1.82, 2.24) is 0 Å². The first kappa shape index (κ1) is 14.3. The van der Waals surface area contributed by atoms with E-state index >= 15 is 0 Å². The molecule has 0 aromatic heterocycles. The minimum absolute atomic E-state index is 0.165. The molecule has 2 aromatic carbocycles. The lowest BCUT2D eigenvalue weighted by Gasteiger charge is -2.35. The van der Waals surface area contributed by atoms with Gasteiger partial charge in [-0.3, -0.25) is 4.90 Å². The molecule has 1 aliphatic heterocycles. The number of nitrogens with one attached hydrogen (secondary N) is 1. The van der Waals surface area contributed by atoms with Crippen molar-refractivity contribution in [2.75, 3.05) is 35.3 Å². The first-order valence-electron chi connectivity index (χ1n) is 6.90. The molecule has 0 unspecified atom stereocenters. The summed E-state index contributed by atoms with van der Waals surface area (Å²) in [6, 6.07) is 9.95. The number of halogens is 2. The van der Waals surface area contributed by atoms with Gasteiger partial charge in [0.1, 0.15) is 11.6 Å². The van der Waals surface area contributed by atoms with Crippen LogP contribution in [0, 0.1) is 11.6 Å². The molecule has 2 aromatic rings. The minimum atomic E-state index is -0.669. The van der Waals surface area contributed by atoms with E-state index in [1.165, 1.54) is 4.90 Å². The molecule has 0 aliphatic carbocycles. The van der Waals surface area contributed by atoms with Gasteiger partial charge in [-0.1, -0.05) is 12.1 Å². The maximum Gasteiger partial charge on any atom is 0.326 e. The second-order valence-corrected chi connectivity index (χ2v) is 5.12. The summed E-state index contributed by atoms with van der Waals surface area (Å²) in [5.41, 5.74) is 1.50. The second-order valence-electron chi connectivity index (χ2n) is 5.12. The van der Waals surface area contributed by atoms with E-state index in [1.54, 1.807) is 0 Å². The quantitative estimate of drug-likeness (QED) is 0.876. The highest BCUT2D eigenvalue weighted by Crippen LogP contribution is 2.32. The standard InChI is InChI=1S/C16H15F2N3O/c1-20-8-9-21(15-5-3-2-4-14(15)20)16(22)19-13-10-11(17)6-7-12(13)18/h2-7,10H,8-9H2,1H3,(H,19,22). The van der Waals surface area contributed by atoms with Gasteiger partial charge in [0.05, 0.1) is 17.1 Å². The van der Waals surface area contributed by atoms with Crippen LogP contribution in [-0.4, -0.2) is 26.2 Å². The third-order valence-electron chi connectivity index (χ3n) is 3.66. The summed E-state index contributed by atoms with van der Waals surface area (Å²) >= 11 is 0. The van der Waals surface area contributed by atoms with Crippen molar-refractivity contribution in [2.24, 2.45) is 0 Å². The third-order valence-corrected chi connectivity index (χ3v) is 3.66. The highest BCUT2D eigenvalue weighted by Gasteiger charge is 2.25. The largest absolute Gasteiger partial charge is 0.371 e. The van der Waals surface area contributed by atoms with Gasteiger partial charge in [-0.25, -0.2) is 13.6 Å². The summed E-state index contributed by atoms with van der Waals surface area (Å²) in [6.45, 7) is 1.13. The molecule has 1 heterocycles. The molecule has 0 bridgehead atoms. The molecular formula is C16H15F2N3O. The summed E-state index contributed by atoms with van der Waals surface area (Å²) < 4.78 is 26.8. The van der Waals surface area contributed by atoms with Crippen LogP contribution in [0.2, 0.25) is 0 Å². The van der Waals surface area contributed by atoms with E-state index in [0.717, 1.165) is 29.6 Å². The number of hydrogen-bond donors (Lipinski definition) is 1. The van der Waals surface area contributed by atoms with Crippen molar-refractivity contribution in [2.45, 2.75) is 0 Å². The number of urea groups is 1. The minimum Gasteiger partial charge on any atom is -0.371 e. The Kier molecular flexibility index (Phi) is 3.66. The van der Waals surface area contributed by atoms with Crippen molar-refractivity contribution >= 4 is 23.1 Å². The first-order valence-corrected chi connectivity index (χ1v) is 6.90. The van der Waals surface area contributed by atoms with Crippen molar-refractivity contribution in [3.05, 3.63) is 54.1 Å². The number of hydrogen-bond acceptors (Lipinski definition) is 2. The number of fused-ring (bicyclic) bond motifs is 1. The van der Waals surface area contributed by atoms with Crippen molar-refractivity contribution in [3.8, 4) is 0 Å². The maximum atomic E-state index is 13.6. The summed E-state index contributed by atoms with van der Waals surface area (Å²) in [5, 5.41) is 2.43. The van der Waals surface area contributed by atoms with Crippen molar-refractivity contribution in [3.63, 3.8) is 0 Å². The van der Waals surface area contributed by atoms with Gasteiger partial charge in [0.2, 0.25) is 0 Å². The third kappa shape index (κ3) is 2.59. The summed E-state index contributed by atoms with van der Waals surface area (Å²) in [5.74, 6) is -1.27. The Bertz CT molecular complexity index is 720. The molecular weight excluding hydrogens is 288 g/mol. The fourth-order valence-corrected chi connectivity index (χ4v) is 2.49. The molecule has 4 nitrogen and oxygen atoms in total. The number of nitrogens with zero attached hydrogens (tertiary/aromatic N) is 2. The summed E-state index contributed by atoms with van der Waals surface area (Å²) in [6.07, 6.45) is 0. The SMILES string of the molecule is CN1CCN(C(=O)Nc2cc(F)ccc2F)c2ccccc21. The molecule has 2 amide bonds. The predicted molar refractivity (Wildman–Crippen MR) is 82.4 cm³/mol. The highest BCUT2D eigenvalue weighted by atomic mass is 19.1. The number of benzene rings is 2. The lowest BCUT2D eigenvalue weighted by atomic mass is 10.2. The monoisotopic (exact) mass is 303 g/mol. The smallest absolute Gasteiger partial charge is 0.326 e. The van der Waals surface area contributed by atoms with Crippen molar-refractivity contribution in [1.29, 1.82) is 0 Å². The summed E-state index contributed by atoms with van der Waals surface area (Å²) in [7, 11) is 1.94. The van der Waals surface area contributed by atoms with Gasteiger partial charge in [0.25, 0.3) is 0 Å². The average molecular weight is 303 g/mol. The molecule has 0 spiro atoms. The van der Waals surface area contributed by atoms with Crippen LogP contribution in [-0.2, 0) is 0 Å². The normalized spacial score (nSPS) is 13.8. The Morgan fingerprint density at radius 1 is 1.09 bits per heavy atom. The number of rotatable bonds is 1. The topological polar surface area (TPSA) is 35.6 Å². The van der Waals surface area contributed by atoms with Crippen LogP contribution in [0.15, 0.2) is 42.5 Å². The van der Waals surface area contributed by atoms with E-state index in [-0.39, 0.29) is 5.69 Å². The molecule has 6 heteroatoms. The Hall–Kier alpha value is -2.63. The van der Waals surface area contributed by atoms with Gasteiger partial charge in [-0.15, -0.1) is 0 Å². The van der Waals surface area contributed by atoms with E-state index < -0.39 is 17.7 Å². The van der Waals surface area contributed by atoms with E-state index in [0.29, 0.717) is 13.1 Å². The molecule has 0 atom stereocenters. The van der Waals surface area contributed by atoms with E-state index in [1.807, 2.05) is 36.2 Å². The van der Waals surface area contributed by atoms with Gasteiger partial charge in [0, 0.05) is 26.2 Å². The Balaban J connectivity index is 1.87. The Morgan fingerprint density at radius 3 is 2.59 bits per heavy atom. The fourth-order valence-electron chi connectivity index (χ4n) is 2.49. The fraction of sp³-hybridized carbons (Fsp3) is 0.188. The highest BCUT2D eigenvalue weighted by molar-refractivity contribution is 6.04. The number of anilines is 3. The summed E-state index contributed by atoms with van der Waals surface area (Å²) in [4.78, 5) is 16.0. The number of likely N-dealkylation sites (N-methyl/N-ethyl adjacent to an activating group) is 1. The predicted octanol–water partition coefficient (Wildman–Crippen LogP) is 3.45. The van der Waals surface area contributed by atoms with Gasteiger partial charge in [0.15, 0.2) is 0 Å². The molecule has 0 saturated carbocycles. The average Bonchev–Trinajstić information content (AvgIpc) is 2.51. The van der Waals surface area contributed by atoms with E-state index in [4.69, 9.17) is 0 Å². The number of para-hydroxylation sites is 2. The van der Waals surface area contributed by atoms with Crippen LogP contribution in [0.5, 0.6) is 0 Å². The lowest BCUT2D eigenvalue weighted by molar-refractivity contribution is 0.256. The molecule has 0 fully saturated rings. The molecule has 22 heavy (non-hydrogen) atoms. The van der Waals surface area contributed by atoms with Crippen LogP contribution in [0.3, 0.4) is 0 Å². The number of carbonyl (C=O) groups is 1.